The van der Waals surface area contributed by atoms with Crippen LogP contribution in [0, 0.1) is 16.0 Å². The molecule has 1 aliphatic rings. The van der Waals surface area contributed by atoms with Crippen molar-refractivity contribution in [1.82, 2.24) is 10.6 Å². The van der Waals surface area contributed by atoms with Crippen LogP contribution in [0.25, 0.3) is 0 Å². The van der Waals surface area contributed by atoms with E-state index in [-0.39, 0.29) is 36.8 Å². The van der Waals surface area contributed by atoms with E-state index >= 15 is 0 Å². The van der Waals surface area contributed by atoms with E-state index in [1.54, 1.807) is 6.92 Å². The maximum absolute atomic E-state index is 11.7. The highest BCUT2D eigenvalue weighted by atomic mass is 16.6. The molecule has 1 fully saturated rings. The zero-order valence-corrected chi connectivity index (χ0v) is 12.4. The third-order valence-electron chi connectivity index (χ3n) is 3.64. The first kappa shape index (κ1) is 16.7. The third-order valence-corrected chi connectivity index (χ3v) is 3.64. The minimum absolute atomic E-state index is 0.0508. The highest BCUT2D eigenvalue weighted by molar-refractivity contribution is 5.92. The van der Waals surface area contributed by atoms with E-state index in [1.807, 2.05) is 0 Å². The van der Waals surface area contributed by atoms with Gasteiger partial charge in [-0.15, -0.1) is 0 Å². The zero-order chi connectivity index (χ0) is 17.0. The Kier molecular flexibility index (Phi) is 5.12. The number of aliphatic hydroxyl groups is 1. The monoisotopic (exact) mass is 323 g/mol. The summed E-state index contributed by atoms with van der Waals surface area (Å²) in [5.41, 5.74) is 0.536. The van der Waals surface area contributed by atoms with Gasteiger partial charge in [-0.1, -0.05) is 6.92 Å². The van der Waals surface area contributed by atoms with Crippen molar-refractivity contribution in [2.24, 2.45) is 5.92 Å². The van der Waals surface area contributed by atoms with Crippen molar-refractivity contribution in [1.29, 1.82) is 0 Å². The first-order chi connectivity index (χ1) is 10.9. The van der Waals surface area contributed by atoms with Crippen LogP contribution < -0.4 is 10.6 Å². The molecule has 0 radical (unpaired) electrons. The number of aliphatic hydroxyl groups excluding tert-OH is 1. The number of ether oxygens (including phenoxy) is 1. The van der Waals surface area contributed by atoms with E-state index in [1.165, 1.54) is 24.3 Å². The smallest absolute Gasteiger partial charge is 0.408 e. The van der Waals surface area contributed by atoms with Crippen LogP contribution in [0.15, 0.2) is 24.3 Å². The summed E-state index contributed by atoms with van der Waals surface area (Å²) in [4.78, 5) is 33.2. The molecule has 9 heteroatoms. The standard InChI is InChI=1S/C14H17N3O6/c1-8(6-18)11-12(13(19)15-11)16-14(20)23-7-9-2-4-10(5-3-9)17(21)22/h2-5,8,11-12,18H,6-7H2,1H3,(H,15,19)(H,16,20)/t8-,11-,12+/m1/s1. The molecule has 2 amide bonds. The second kappa shape index (κ2) is 7.05. The number of hydrogen-bond acceptors (Lipinski definition) is 6. The number of nitro benzene ring substituents is 1. The Hall–Kier alpha value is -2.68. The summed E-state index contributed by atoms with van der Waals surface area (Å²) >= 11 is 0. The van der Waals surface area contributed by atoms with Gasteiger partial charge >= 0.3 is 6.09 Å². The van der Waals surface area contributed by atoms with Gasteiger partial charge in [0.05, 0.1) is 11.0 Å². The van der Waals surface area contributed by atoms with E-state index in [9.17, 15) is 19.7 Å². The van der Waals surface area contributed by atoms with Crippen LogP contribution in [0.4, 0.5) is 10.5 Å². The lowest BCUT2D eigenvalue weighted by Crippen LogP contribution is -2.71. The molecule has 1 saturated heterocycles. The Bertz CT molecular complexity index is 603. The molecule has 124 valence electrons. The van der Waals surface area contributed by atoms with Crippen molar-refractivity contribution < 1.29 is 24.4 Å². The van der Waals surface area contributed by atoms with Gasteiger partial charge in [-0.05, 0) is 17.7 Å². The largest absolute Gasteiger partial charge is 0.445 e. The highest BCUT2D eigenvalue weighted by Crippen LogP contribution is 2.16. The van der Waals surface area contributed by atoms with Crippen LogP contribution >= 0.6 is 0 Å². The number of hydrogen-bond donors (Lipinski definition) is 3. The van der Waals surface area contributed by atoms with Gasteiger partial charge < -0.3 is 20.5 Å². The quantitative estimate of drug-likeness (QED) is 0.392. The minimum Gasteiger partial charge on any atom is -0.445 e. The molecule has 2 rings (SSSR count). The van der Waals surface area contributed by atoms with Crippen molar-refractivity contribution >= 4 is 17.7 Å². The molecule has 1 aromatic carbocycles. The van der Waals surface area contributed by atoms with Crippen LogP contribution in [0.5, 0.6) is 0 Å². The first-order valence-electron chi connectivity index (χ1n) is 7.00. The molecule has 0 saturated carbocycles. The summed E-state index contributed by atoms with van der Waals surface area (Å²) in [6, 6.07) is 4.53. The fourth-order valence-corrected chi connectivity index (χ4v) is 2.18. The van der Waals surface area contributed by atoms with Crippen molar-refractivity contribution in [3.63, 3.8) is 0 Å². The minimum atomic E-state index is -0.765. The zero-order valence-electron chi connectivity index (χ0n) is 12.4. The van der Waals surface area contributed by atoms with E-state index in [2.05, 4.69) is 10.6 Å². The van der Waals surface area contributed by atoms with Crippen LogP contribution in [0.3, 0.4) is 0 Å². The number of alkyl carbamates (subject to hydrolysis) is 1. The molecule has 23 heavy (non-hydrogen) atoms. The predicted molar refractivity (Wildman–Crippen MR) is 78.4 cm³/mol. The second-order valence-electron chi connectivity index (χ2n) is 5.32. The van der Waals surface area contributed by atoms with Gasteiger partial charge in [0, 0.05) is 24.7 Å². The normalized spacial score (nSPS) is 20.9. The molecule has 0 aliphatic carbocycles. The number of non-ortho nitro benzene ring substituents is 1. The fraction of sp³-hybridized carbons (Fsp3) is 0.429. The Morgan fingerprint density at radius 2 is 2.13 bits per heavy atom. The molecule has 1 aliphatic heterocycles. The summed E-state index contributed by atoms with van der Waals surface area (Å²) in [7, 11) is 0. The maximum Gasteiger partial charge on any atom is 0.408 e. The van der Waals surface area contributed by atoms with E-state index in [4.69, 9.17) is 9.84 Å². The SMILES string of the molecule is C[C@H](CO)[C@H]1NC(=O)[C@H]1NC(=O)OCc1ccc([N+](=O)[O-])cc1. The number of benzene rings is 1. The Morgan fingerprint density at radius 3 is 2.65 bits per heavy atom. The van der Waals surface area contributed by atoms with Crippen molar-refractivity contribution in [2.75, 3.05) is 6.61 Å². The van der Waals surface area contributed by atoms with Gasteiger partial charge in [0.2, 0.25) is 5.91 Å². The number of amides is 2. The molecule has 9 nitrogen and oxygen atoms in total. The molecule has 1 aromatic rings. The first-order valence-corrected chi connectivity index (χ1v) is 7.00. The Morgan fingerprint density at radius 1 is 1.48 bits per heavy atom. The number of nitro groups is 1. The van der Waals surface area contributed by atoms with E-state index in [0.717, 1.165) is 0 Å². The highest BCUT2D eigenvalue weighted by Gasteiger charge is 2.43. The number of carbonyl (C=O) groups is 2. The average Bonchev–Trinajstić information content (AvgIpc) is 2.55. The number of carbonyl (C=O) groups excluding carboxylic acids is 2. The molecule has 3 N–H and O–H groups in total. The Balaban J connectivity index is 1.83. The number of nitrogens with one attached hydrogen (secondary N) is 2. The molecule has 0 bridgehead atoms. The van der Waals surface area contributed by atoms with Gasteiger partial charge in [-0.3, -0.25) is 14.9 Å². The van der Waals surface area contributed by atoms with E-state index < -0.39 is 17.1 Å². The lowest BCUT2D eigenvalue weighted by molar-refractivity contribution is -0.384. The Labute approximate surface area is 131 Å². The lowest BCUT2D eigenvalue weighted by Gasteiger charge is -2.39. The van der Waals surface area contributed by atoms with Crippen LogP contribution in [-0.4, -0.2) is 40.7 Å². The van der Waals surface area contributed by atoms with E-state index in [0.29, 0.717) is 5.56 Å². The van der Waals surface area contributed by atoms with Crippen molar-refractivity contribution in [3.05, 3.63) is 39.9 Å². The van der Waals surface area contributed by atoms with Crippen LogP contribution in [0.1, 0.15) is 12.5 Å². The van der Waals surface area contributed by atoms with Gasteiger partial charge in [0.15, 0.2) is 0 Å². The third kappa shape index (κ3) is 3.95. The maximum atomic E-state index is 11.7. The van der Waals surface area contributed by atoms with Crippen molar-refractivity contribution in [3.8, 4) is 0 Å². The molecule has 3 atom stereocenters. The molecule has 1 heterocycles. The second-order valence-corrected chi connectivity index (χ2v) is 5.32. The summed E-state index contributed by atoms with van der Waals surface area (Å²) < 4.78 is 4.98. The summed E-state index contributed by atoms with van der Waals surface area (Å²) in [6.07, 6.45) is -0.765. The molecule has 0 spiro atoms. The number of rotatable bonds is 6. The summed E-state index contributed by atoms with van der Waals surface area (Å²) in [5, 5.41) is 24.7. The number of β-lactam (4-membered cyclic amide) rings is 1. The number of nitrogens with zero attached hydrogens (tertiary/aromatic N) is 1. The van der Waals surface area contributed by atoms with Gasteiger partial charge in [0.25, 0.3) is 5.69 Å². The lowest BCUT2D eigenvalue weighted by atomic mass is 9.88. The summed E-state index contributed by atoms with van der Waals surface area (Å²) in [5.74, 6) is -0.518. The molecule has 0 unspecified atom stereocenters. The van der Waals surface area contributed by atoms with Crippen molar-refractivity contribution in [2.45, 2.75) is 25.6 Å². The van der Waals surface area contributed by atoms with Crippen LogP contribution in [0.2, 0.25) is 0 Å². The predicted octanol–water partition coefficient (Wildman–Crippen LogP) is 0.316. The van der Waals surface area contributed by atoms with Gasteiger partial charge in [-0.25, -0.2) is 4.79 Å². The average molecular weight is 323 g/mol. The molecular formula is C14H17N3O6. The molecule has 0 aromatic heterocycles. The molecular weight excluding hydrogens is 306 g/mol. The van der Waals surface area contributed by atoms with Gasteiger partial charge in [-0.2, -0.15) is 0 Å². The summed E-state index contributed by atoms with van der Waals surface area (Å²) in [6.45, 7) is 1.57. The van der Waals surface area contributed by atoms with Gasteiger partial charge in [0.1, 0.15) is 12.6 Å². The topological polar surface area (TPSA) is 131 Å². The fourth-order valence-electron chi connectivity index (χ4n) is 2.18. The van der Waals surface area contributed by atoms with Crippen LogP contribution in [-0.2, 0) is 16.1 Å².